The molecular weight excluding hydrogens is 372 g/mol. The Morgan fingerprint density at radius 2 is 2.14 bits per heavy atom. The first-order chi connectivity index (χ1) is 13.7. The van der Waals surface area contributed by atoms with Crippen molar-refractivity contribution in [2.45, 2.75) is 19.9 Å². The Bertz CT molecular complexity index is 913. The first kappa shape index (κ1) is 18.6. The number of amides is 1. The Labute approximate surface area is 168 Å². The molecule has 1 amide bonds. The van der Waals surface area contributed by atoms with Gasteiger partial charge in [-0.1, -0.05) is 13.0 Å². The van der Waals surface area contributed by atoms with E-state index in [2.05, 4.69) is 32.5 Å². The zero-order valence-electron chi connectivity index (χ0n) is 15.9. The van der Waals surface area contributed by atoms with E-state index in [1.807, 2.05) is 35.7 Å². The molecule has 4 heterocycles. The molecule has 8 heteroatoms. The molecule has 3 aromatic rings. The second kappa shape index (κ2) is 8.53. The zero-order valence-corrected chi connectivity index (χ0v) is 16.7. The van der Waals surface area contributed by atoms with E-state index in [4.69, 9.17) is 0 Å². The highest BCUT2D eigenvalue weighted by Gasteiger charge is 2.17. The average molecular weight is 397 g/mol. The second-order valence-electron chi connectivity index (χ2n) is 6.71. The summed E-state index contributed by atoms with van der Waals surface area (Å²) in [6.07, 6.45) is 2.63. The molecule has 0 aliphatic carbocycles. The van der Waals surface area contributed by atoms with E-state index in [1.165, 1.54) is 0 Å². The van der Waals surface area contributed by atoms with E-state index in [1.54, 1.807) is 22.2 Å². The van der Waals surface area contributed by atoms with Crippen LogP contribution in [0.3, 0.4) is 0 Å². The molecule has 0 spiro atoms. The Kier molecular flexibility index (Phi) is 5.68. The van der Waals surface area contributed by atoms with Crippen molar-refractivity contribution in [2.75, 3.05) is 36.4 Å². The van der Waals surface area contributed by atoms with Crippen molar-refractivity contribution in [1.82, 2.24) is 20.1 Å². The van der Waals surface area contributed by atoms with Crippen LogP contribution < -0.4 is 15.5 Å². The lowest BCUT2D eigenvalue weighted by molar-refractivity contribution is 0.101. The monoisotopic (exact) mass is 396 g/mol. The van der Waals surface area contributed by atoms with E-state index in [-0.39, 0.29) is 5.91 Å². The summed E-state index contributed by atoms with van der Waals surface area (Å²) in [6, 6.07) is 9.73. The average Bonchev–Trinajstić information content (AvgIpc) is 3.39. The topological polar surface area (TPSA) is 75.1 Å². The molecule has 0 radical (unpaired) electrons. The Morgan fingerprint density at radius 3 is 2.82 bits per heavy atom. The normalized spacial score (nSPS) is 14.2. The van der Waals surface area contributed by atoms with E-state index in [0.29, 0.717) is 17.9 Å². The highest BCUT2D eigenvalue weighted by molar-refractivity contribution is 7.13. The number of rotatable bonds is 6. The summed E-state index contributed by atoms with van der Waals surface area (Å²) in [5.41, 5.74) is 2.09. The van der Waals surface area contributed by atoms with Crippen molar-refractivity contribution in [3.05, 3.63) is 47.6 Å². The van der Waals surface area contributed by atoms with Crippen LogP contribution in [0, 0.1) is 0 Å². The van der Waals surface area contributed by atoms with Crippen LogP contribution in [0.1, 0.15) is 23.8 Å². The van der Waals surface area contributed by atoms with Crippen LogP contribution in [0.2, 0.25) is 0 Å². The maximum atomic E-state index is 12.9. The number of hydrogen-bond donors (Lipinski definition) is 2. The van der Waals surface area contributed by atoms with Crippen LogP contribution in [0.5, 0.6) is 0 Å². The van der Waals surface area contributed by atoms with Crippen molar-refractivity contribution in [3.8, 4) is 10.6 Å². The number of anilines is 2. The number of hydrogen-bond acceptors (Lipinski definition) is 6. The van der Waals surface area contributed by atoms with E-state index < -0.39 is 0 Å². The van der Waals surface area contributed by atoms with E-state index >= 15 is 0 Å². The van der Waals surface area contributed by atoms with Gasteiger partial charge < -0.3 is 15.5 Å². The Balaban J connectivity index is 1.50. The minimum absolute atomic E-state index is 0.166. The number of carbonyl (C=O) groups is 1. The van der Waals surface area contributed by atoms with Gasteiger partial charge in [0.05, 0.1) is 16.8 Å². The maximum absolute atomic E-state index is 12.9. The zero-order chi connectivity index (χ0) is 19.3. The fourth-order valence-electron chi connectivity index (χ4n) is 3.26. The number of thiophene rings is 1. The van der Waals surface area contributed by atoms with Crippen LogP contribution in [0.15, 0.2) is 41.9 Å². The molecular formula is C20H24N6OS. The van der Waals surface area contributed by atoms with Gasteiger partial charge >= 0.3 is 0 Å². The van der Waals surface area contributed by atoms with Gasteiger partial charge in [-0.05, 0) is 36.1 Å². The third kappa shape index (κ3) is 4.07. The third-order valence-corrected chi connectivity index (χ3v) is 5.56. The summed E-state index contributed by atoms with van der Waals surface area (Å²) >= 11 is 1.62. The predicted molar refractivity (Wildman–Crippen MR) is 113 cm³/mol. The molecule has 7 nitrogen and oxygen atoms in total. The van der Waals surface area contributed by atoms with Gasteiger partial charge in [0, 0.05) is 32.7 Å². The lowest BCUT2D eigenvalue weighted by Gasteiger charge is -2.28. The first-order valence-electron chi connectivity index (χ1n) is 9.59. The molecule has 1 aliphatic heterocycles. The quantitative estimate of drug-likeness (QED) is 0.670. The number of piperazine rings is 1. The van der Waals surface area contributed by atoms with Crippen molar-refractivity contribution in [3.63, 3.8) is 0 Å². The van der Waals surface area contributed by atoms with Gasteiger partial charge in [0.2, 0.25) is 0 Å². The van der Waals surface area contributed by atoms with Crippen LogP contribution >= 0.6 is 11.3 Å². The first-order valence-corrected chi connectivity index (χ1v) is 10.5. The summed E-state index contributed by atoms with van der Waals surface area (Å²) in [5.74, 6) is 0.774. The highest BCUT2D eigenvalue weighted by Crippen LogP contribution is 2.25. The standard InChI is InChI=1S/C20H24N6OS/c1-2-9-26-17(13-16(24-26)18-4-3-12-28-18)20(27)23-15-5-6-19(22-14-15)25-10-7-21-8-11-25/h3-6,12-14,21H,2,7-11H2,1H3,(H,23,27). The lowest BCUT2D eigenvalue weighted by atomic mass is 10.3. The Morgan fingerprint density at radius 1 is 1.29 bits per heavy atom. The van der Waals surface area contributed by atoms with Crippen molar-refractivity contribution in [2.24, 2.45) is 0 Å². The molecule has 0 aromatic carbocycles. The molecule has 146 valence electrons. The third-order valence-electron chi connectivity index (χ3n) is 4.67. The summed E-state index contributed by atoms with van der Waals surface area (Å²) < 4.78 is 1.78. The second-order valence-corrected chi connectivity index (χ2v) is 7.66. The summed E-state index contributed by atoms with van der Waals surface area (Å²) in [6.45, 7) is 6.60. The molecule has 28 heavy (non-hydrogen) atoms. The number of pyridine rings is 1. The van der Waals surface area contributed by atoms with Crippen molar-refractivity contribution in [1.29, 1.82) is 0 Å². The molecule has 0 saturated carbocycles. The number of aromatic nitrogens is 3. The molecule has 0 unspecified atom stereocenters. The maximum Gasteiger partial charge on any atom is 0.273 e. The molecule has 3 aromatic heterocycles. The smallest absolute Gasteiger partial charge is 0.273 e. The van der Waals surface area contributed by atoms with E-state index in [0.717, 1.165) is 49.0 Å². The lowest BCUT2D eigenvalue weighted by Crippen LogP contribution is -2.43. The van der Waals surface area contributed by atoms with Crippen molar-refractivity contribution >= 4 is 28.7 Å². The Hall–Kier alpha value is -2.71. The molecule has 2 N–H and O–H groups in total. The highest BCUT2D eigenvalue weighted by atomic mass is 32.1. The fourth-order valence-corrected chi connectivity index (χ4v) is 3.94. The van der Waals surface area contributed by atoms with Gasteiger partial charge in [-0.25, -0.2) is 4.98 Å². The van der Waals surface area contributed by atoms with Gasteiger partial charge in [-0.2, -0.15) is 5.10 Å². The van der Waals surface area contributed by atoms with Gasteiger partial charge in [0.15, 0.2) is 0 Å². The van der Waals surface area contributed by atoms with Crippen LogP contribution in [0.25, 0.3) is 10.6 Å². The summed E-state index contributed by atoms with van der Waals surface area (Å²) in [4.78, 5) is 20.7. The van der Waals surface area contributed by atoms with Gasteiger partial charge in [0.1, 0.15) is 17.2 Å². The minimum Gasteiger partial charge on any atom is -0.354 e. The summed E-state index contributed by atoms with van der Waals surface area (Å²) in [5, 5.41) is 12.9. The van der Waals surface area contributed by atoms with Gasteiger partial charge in [-0.15, -0.1) is 11.3 Å². The number of carbonyl (C=O) groups excluding carboxylic acids is 1. The number of nitrogens with zero attached hydrogens (tertiary/aromatic N) is 4. The molecule has 1 aliphatic rings. The number of nitrogens with one attached hydrogen (secondary N) is 2. The summed E-state index contributed by atoms with van der Waals surface area (Å²) in [7, 11) is 0. The molecule has 1 saturated heterocycles. The van der Waals surface area contributed by atoms with Gasteiger partial charge in [-0.3, -0.25) is 9.48 Å². The van der Waals surface area contributed by atoms with Crippen LogP contribution in [0.4, 0.5) is 11.5 Å². The van der Waals surface area contributed by atoms with Crippen LogP contribution in [-0.2, 0) is 6.54 Å². The molecule has 4 rings (SSSR count). The molecule has 1 fully saturated rings. The van der Waals surface area contributed by atoms with Crippen LogP contribution in [-0.4, -0.2) is 46.9 Å². The van der Waals surface area contributed by atoms with Gasteiger partial charge in [0.25, 0.3) is 5.91 Å². The minimum atomic E-state index is -0.166. The largest absolute Gasteiger partial charge is 0.354 e. The number of aryl methyl sites for hydroxylation is 1. The fraction of sp³-hybridized carbons (Fsp3) is 0.350. The molecule has 0 atom stereocenters. The SMILES string of the molecule is CCCn1nc(-c2cccs2)cc1C(=O)Nc1ccc(N2CCNCC2)nc1. The van der Waals surface area contributed by atoms with Crippen molar-refractivity contribution < 1.29 is 4.79 Å². The molecule has 0 bridgehead atoms. The predicted octanol–water partition coefficient (Wildman–Crippen LogP) is 3.08. The van der Waals surface area contributed by atoms with E-state index in [9.17, 15) is 4.79 Å².